The highest BCUT2D eigenvalue weighted by Crippen LogP contribution is 2.34. The standard InChI is InChI=1S/C23H25N7/c1-2-7-17(8-3-1)30-14-25-19-21(26-16-10-11-16)28-23(29-22(19)30)27-20-18-9-5-4-6-15(18)12-13-24-20/h4-6,9,12-14,16-17H,1-3,7-8,10-11H2,(H2,24,26,27,28,29). The number of aromatic nitrogens is 5. The highest BCUT2D eigenvalue weighted by Gasteiger charge is 2.25. The van der Waals surface area contributed by atoms with E-state index in [1.165, 1.54) is 44.9 Å². The summed E-state index contributed by atoms with van der Waals surface area (Å²) >= 11 is 0. The number of nitrogens with zero attached hydrogens (tertiary/aromatic N) is 5. The van der Waals surface area contributed by atoms with E-state index in [2.05, 4.69) is 32.3 Å². The number of benzene rings is 1. The number of pyridine rings is 1. The molecule has 4 aromatic rings. The smallest absolute Gasteiger partial charge is 0.232 e. The number of anilines is 3. The zero-order valence-electron chi connectivity index (χ0n) is 16.9. The first-order chi connectivity index (χ1) is 14.8. The van der Waals surface area contributed by atoms with Gasteiger partial charge in [-0.25, -0.2) is 9.97 Å². The summed E-state index contributed by atoms with van der Waals surface area (Å²) in [6, 6.07) is 11.2. The molecule has 0 atom stereocenters. The van der Waals surface area contributed by atoms with Crippen molar-refractivity contribution in [3.05, 3.63) is 42.9 Å². The Bertz CT molecular complexity index is 1200. The SMILES string of the molecule is c1ccc2c(Nc3nc(NC4CC4)c4ncn(C5CCCCC5)c4n3)nccc2c1. The molecule has 7 heteroatoms. The third-order valence-electron chi connectivity index (χ3n) is 6.21. The fraction of sp³-hybridized carbons (Fsp3) is 0.391. The van der Waals surface area contributed by atoms with Gasteiger partial charge in [-0.3, -0.25) is 0 Å². The Balaban J connectivity index is 1.44. The molecule has 0 spiro atoms. The third-order valence-corrected chi connectivity index (χ3v) is 6.21. The summed E-state index contributed by atoms with van der Waals surface area (Å²) in [6.07, 6.45) is 12.4. The van der Waals surface area contributed by atoms with Crippen LogP contribution < -0.4 is 10.6 Å². The molecule has 3 heterocycles. The Labute approximate surface area is 175 Å². The molecule has 6 rings (SSSR count). The largest absolute Gasteiger partial charge is 0.365 e. The summed E-state index contributed by atoms with van der Waals surface area (Å²) in [5, 5.41) is 9.12. The van der Waals surface area contributed by atoms with Crippen molar-refractivity contribution in [3.8, 4) is 0 Å². The van der Waals surface area contributed by atoms with Crippen LogP contribution >= 0.6 is 0 Å². The first kappa shape index (κ1) is 17.6. The molecule has 7 nitrogen and oxygen atoms in total. The van der Waals surface area contributed by atoms with Crippen molar-refractivity contribution >= 4 is 39.5 Å². The second-order valence-corrected chi connectivity index (χ2v) is 8.44. The normalized spacial score (nSPS) is 17.5. The monoisotopic (exact) mass is 399 g/mol. The second kappa shape index (κ2) is 7.23. The van der Waals surface area contributed by atoms with Crippen molar-refractivity contribution in [2.75, 3.05) is 10.6 Å². The number of hydrogen-bond donors (Lipinski definition) is 2. The molecular formula is C23H25N7. The molecule has 2 fully saturated rings. The molecule has 1 aromatic carbocycles. The summed E-state index contributed by atoms with van der Waals surface area (Å²) in [5.41, 5.74) is 1.77. The minimum Gasteiger partial charge on any atom is -0.365 e. The lowest BCUT2D eigenvalue weighted by Crippen LogP contribution is -2.13. The molecule has 2 N–H and O–H groups in total. The minimum absolute atomic E-state index is 0.468. The van der Waals surface area contributed by atoms with Crippen molar-refractivity contribution < 1.29 is 0 Å². The van der Waals surface area contributed by atoms with Gasteiger partial charge in [0.1, 0.15) is 5.82 Å². The maximum Gasteiger partial charge on any atom is 0.232 e. The van der Waals surface area contributed by atoms with Crippen molar-refractivity contribution in [2.24, 2.45) is 0 Å². The van der Waals surface area contributed by atoms with Gasteiger partial charge in [0.05, 0.1) is 6.33 Å². The summed E-state index contributed by atoms with van der Waals surface area (Å²) < 4.78 is 2.26. The van der Waals surface area contributed by atoms with Crippen LogP contribution in [0.25, 0.3) is 21.9 Å². The zero-order valence-corrected chi connectivity index (χ0v) is 16.9. The van der Waals surface area contributed by atoms with Crippen LogP contribution in [0.4, 0.5) is 17.6 Å². The Hall–Kier alpha value is -3.22. The van der Waals surface area contributed by atoms with E-state index in [1.807, 2.05) is 30.7 Å². The number of imidazole rings is 1. The van der Waals surface area contributed by atoms with Crippen molar-refractivity contribution in [3.63, 3.8) is 0 Å². The van der Waals surface area contributed by atoms with Crippen LogP contribution in [-0.2, 0) is 0 Å². The van der Waals surface area contributed by atoms with Gasteiger partial charge in [0.2, 0.25) is 5.95 Å². The average molecular weight is 400 g/mol. The van der Waals surface area contributed by atoms with Crippen molar-refractivity contribution in [1.29, 1.82) is 0 Å². The fourth-order valence-corrected chi connectivity index (χ4v) is 4.45. The van der Waals surface area contributed by atoms with E-state index in [4.69, 9.17) is 15.0 Å². The number of rotatable bonds is 5. The molecule has 152 valence electrons. The molecule has 0 saturated heterocycles. The maximum absolute atomic E-state index is 4.90. The van der Waals surface area contributed by atoms with Gasteiger partial charge in [-0.15, -0.1) is 0 Å². The zero-order chi connectivity index (χ0) is 19.9. The van der Waals surface area contributed by atoms with Gasteiger partial charge in [-0.05, 0) is 37.1 Å². The van der Waals surface area contributed by atoms with E-state index in [0.29, 0.717) is 18.0 Å². The van der Waals surface area contributed by atoms with E-state index in [1.54, 1.807) is 0 Å². The topological polar surface area (TPSA) is 80.5 Å². The van der Waals surface area contributed by atoms with E-state index < -0.39 is 0 Å². The van der Waals surface area contributed by atoms with Gasteiger partial charge < -0.3 is 15.2 Å². The molecule has 0 radical (unpaired) electrons. The lowest BCUT2D eigenvalue weighted by molar-refractivity contribution is 0.358. The first-order valence-electron chi connectivity index (χ1n) is 11.0. The van der Waals surface area contributed by atoms with Crippen LogP contribution in [0.15, 0.2) is 42.9 Å². The van der Waals surface area contributed by atoms with E-state index >= 15 is 0 Å². The van der Waals surface area contributed by atoms with Gasteiger partial charge >= 0.3 is 0 Å². The minimum atomic E-state index is 0.468. The number of nitrogens with one attached hydrogen (secondary N) is 2. The van der Waals surface area contributed by atoms with Crippen LogP contribution in [-0.4, -0.2) is 30.5 Å². The molecule has 0 aliphatic heterocycles. The maximum atomic E-state index is 4.90. The summed E-state index contributed by atoms with van der Waals surface area (Å²) in [6.45, 7) is 0. The Kier molecular flexibility index (Phi) is 4.25. The fourth-order valence-electron chi connectivity index (χ4n) is 4.45. The van der Waals surface area contributed by atoms with Crippen LogP contribution in [0.5, 0.6) is 0 Å². The quantitative estimate of drug-likeness (QED) is 0.480. The molecular weight excluding hydrogens is 374 g/mol. The van der Waals surface area contributed by atoms with Gasteiger partial charge in [-0.1, -0.05) is 43.5 Å². The summed E-state index contributed by atoms with van der Waals surface area (Å²) in [5.74, 6) is 2.15. The molecule has 0 amide bonds. The van der Waals surface area contributed by atoms with Crippen LogP contribution in [0.2, 0.25) is 0 Å². The van der Waals surface area contributed by atoms with E-state index in [9.17, 15) is 0 Å². The Morgan fingerprint density at radius 1 is 0.867 bits per heavy atom. The summed E-state index contributed by atoms with van der Waals surface area (Å²) in [7, 11) is 0. The molecule has 2 aliphatic carbocycles. The number of hydrogen-bond acceptors (Lipinski definition) is 6. The van der Waals surface area contributed by atoms with Crippen LogP contribution in [0.1, 0.15) is 51.0 Å². The highest BCUT2D eigenvalue weighted by atomic mass is 15.2. The third kappa shape index (κ3) is 3.24. The van der Waals surface area contributed by atoms with Gasteiger partial charge in [0, 0.05) is 23.7 Å². The van der Waals surface area contributed by atoms with E-state index in [0.717, 1.165) is 33.6 Å². The first-order valence-corrected chi connectivity index (χ1v) is 11.0. The molecule has 0 bridgehead atoms. The highest BCUT2D eigenvalue weighted by molar-refractivity contribution is 5.93. The average Bonchev–Trinajstić information content (AvgIpc) is 3.50. The summed E-state index contributed by atoms with van der Waals surface area (Å²) in [4.78, 5) is 18.9. The van der Waals surface area contributed by atoms with Crippen molar-refractivity contribution in [1.82, 2.24) is 24.5 Å². The lowest BCUT2D eigenvalue weighted by atomic mass is 9.95. The second-order valence-electron chi connectivity index (χ2n) is 8.44. The van der Waals surface area contributed by atoms with Gasteiger partial charge in [0.15, 0.2) is 17.0 Å². The number of fused-ring (bicyclic) bond motifs is 2. The Morgan fingerprint density at radius 3 is 2.60 bits per heavy atom. The predicted octanol–water partition coefficient (Wildman–Crippen LogP) is 5.20. The van der Waals surface area contributed by atoms with Crippen LogP contribution in [0.3, 0.4) is 0 Å². The van der Waals surface area contributed by atoms with Crippen LogP contribution in [0, 0.1) is 0 Å². The van der Waals surface area contributed by atoms with Gasteiger partial charge in [-0.2, -0.15) is 9.97 Å². The molecule has 0 unspecified atom stereocenters. The molecule has 2 saturated carbocycles. The molecule has 2 aliphatic rings. The van der Waals surface area contributed by atoms with Gasteiger partial charge in [0.25, 0.3) is 0 Å². The predicted molar refractivity (Wildman–Crippen MR) is 119 cm³/mol. The molecule has 3 aromatic heterocycles. The van der Waals surface area contributed by atoms with E-state index in [-0.39, 0.29) is 0 Å². The lowest BCUT2D eigenvalue weighted by Gasteiger charge is -2.23. The van der Waals surface area contributed by atoms with Crippen molar-refractivity contribution in [2.45, 2.75) is 57.0 Å². The Morgan fingerprint density at radius 2 is 1.73 bits per heavy atom. The molecule has 30 heavy (non-hydrogen) atoms.